The molecule has 0 spiro atoms. The highest BCUT2D eigenvalue weighted by molar-refractivity contribution is 7.19. The third kappa shape index (κ3) is 3.68. The molecule has 2 heterocycles. The molecule has 1 N–H and O–H groups in total. The van der Waals surface area contributed by atoms with Crippen molar-refractivity contribution < 1.29 is 4.79 Å². The van der Waals surface area contributed by atoms with Crippen LogP contribution < -0.4 is 10.9 Å². The van der Waals surface area contributed by atoms with E-state index in [1.807, 2.05) is 18.2 Å². The summed E-state index contributed by atoms with van der Waals surface area (Å²) in [6.45, 7) is 1.67. The van der Waals surface area contributed by atoms with Crippen molar-refractivity contribution >= 4 is 34.5 Å². The van der Waals surface area contributed by atoms with Crippen molar-refractivity contribution in [2.75, 3.05) is 5.32 Å². The molecule has 0 fully saturated rings. The first-order valence-corrected chi connectivity index (χ1v) is 9.99. The number of hydrogen-bond donors (Lipinski definition) is 1. The molecule has 0 saturated heterocycles. The summed E-state index contributed by atoms with van der Waals surface area (Å²) in [5.74, 6) is -0.274. The average Bonchev–Trinajstić information content (AvgIpc) is 3.30. The number of anilines is 1. The zero-order chi connectivity index (χ0) is 19.0. The molecule has 1 aromatic carbocycles. The smallest absolute Gasteiger partial charge is 0.267 e. The van der Waals surface area contributed by atoms with E-state index in [1.54, 1.807) is 19.1 Å². The van der Waals surface area contributed by atoms with Crippen LogP contribution in [0.1, 0.15) is 30.5 Å². The van der Waals surface area contributed by atoms with E-state index in [0.717, 1.165) is 29.8 Å². The van der Waals surface area contributed by atoms with E-state index in [9.17, 15) is 9.59 Å². The van der Waals surface area contributed by atoms with E-state index in [-0.39, 0.29) is 11.5 Å². The maximum atomic E-state index is 12.7. The Kier molecular flexibility index (Phi) is 4.85. The van der Waals surface area contributed by atoms with Crippen LogP contribution in [0.4, 0.5) is 5.69 Å². The number of thiophene rings is 1. The Hall–Kier alpha value is -2.44. The van der Waals surface area contributed by atoms with E-state index in [1.165, 1.54) is 33.2 Å². The molecule has 5 nitrogen and oxygen atoms in total. The normalized spacial score (nSPS) is 14.0. The van der Waals surface area contributed by atoms with Crippen molar-refractivity contribution in [1.29, 1.82) is 0 Å². The van der Waals surface area contributed by atoms with Gasteiger partial charge in [-0.25, -0.2) is 4.68 Å². The molecular formula is C20H18ClN3O2S. The van der Waals surface area contributed by atoms with Crippen LogP contribution in [0.25, 0.3) is 10.6 Å². The number of fused-ring (bicyclic) bond motifs is 1. The predicted octanol–water partition coefficient (Wildman–Crippen LogP) is 4.31. The fourth-order valence-corrected chi connectivity index (χ4v) is 4.30. The fraction of sp³-hybridized carbons (Fsp3) is 0.250. The van der Waals surface area contributed by atoms with Crippen molar-refractivity contribution in [3.05, 3.63) is 68.3 Å². The molecule has 1 unspecified atom stereocenters. The van der Waals surface area contributed by atoms with Crippen LogP contribution in [0.5, 0.6) is 0 Å². The summed E-state index contributed by atoms with van der Waals surface area (Å²) in [5.41, 5.74) is 3.68. The number of halogens is 1. The molecule has 0 saturated carbocycles. The second kappa shape index (κ2) is 7.29. The SMILES string of the molecule is CC(C(=O)Nc1ccc2c(c1)CCC2)n1nc(-c2ccc(Cl)s2)ccc1=O. The van der Waals surface area contributed by atoms with E-state index in [0.29, 0.717) is 10.0 Å². The number of aryl methyl sites for hydroxylation is 2. The summed E-state index contributed by atoms with van der Waals surface area (Å²) >= 11 is 7.36. The third-order valence-corrected chi connectivity index (χ3v) is 6.02. The second-order valence-electron chi connectivity index (χ2n) is 6.61. The topological polar surface area (TPSA) is 64.0 Å². The number of benzene rings is 1. The lowest BCUT2D eigenvalue weighted by Crippen LogP contribution is -2.33. The lowest BCUT2D eigenvalue weighted by molar-refractivity contribution is -0.119. The molecule has 1 atom stereocenters. The summed E-state index contributed by atoms with van der Waals surface area (Å²) in [7, 11) is 0. The van der Waals surface area contributed by atoms with Crippen LogP contribution in [0, 0.1) is 0 Å². The minimum atomic E-state index is -0.735. The van der Waals surface area contributed by atoms with Crippen molar-refractivity contribution in [2.24, 2.45) is 0 Å². The van der Waals surface area contributed by atoms with Gasteiger partial charge in [-0.15, -0.1) is 11.3 Å². The molecule has 7 heteroatoms. The predicted molar refractivity (Wildman–Crippen MR) is 109 cm³/mol. The lowest BCUT2D eigenvalue weighted by Gasteiger charge is -2.15. The zero-order valence-corrected chi connectivity index (χ0v) is 16.3. The number of hydrogen-bond acceptors (Lipinski definition) is 4. The van der Waals surface area contributed by atoms with Gasteiger partial charge in [-0.3, -0.25) is 9.59 Å². The van der Waals surface area contributed by atoms with Crippen LogP contribution >= 0.6 is 22.9 Å². The Bertz CT molecular complexity index is 1070. The van der Waals surface area contributed by atoms with Gasteiger partial charge >= 0.3 is 0 Å². The van der Waals surface area contributed by atoms with Gasteiger partial charge in [0.1, 0.15) is 11.7 Å². The highest BCUT2D eigenvalue weighted by Gasteiger charge is 2.19. The van der Waals surface area contributed by atoms with Crippen molar-refractivity contribution in [2.45, 2.75) is 32.2 Å². The number of amides is 1. The second-order valence-corrected chi connectivity index (χ2v) is 8.32. The molecule has 3 aromatic rings. The number of aromatic nitrogens is 2. The zero-order valence-electron chi connectivity index (χ0n) is 14.7. The van der Waals surface area contributed by atoms with E-state index >= 15 is 0 Å². The summed E-state index contributed by atoms with van der Waals surface area (Å²) in [4.78, 5) is 25.8. The number of carbonyl (C=O) groups excluding carboxylic acids is 1. The largest absolute Gasteiger partial charge is 0.324 e. The number of rotatable bonds is 4. The van der Waals surface area contributed by atoms with Crippen LogP contribution in [0.3, 0.4) is 0 Å². The Morgan fingerprint density at radius 1 is 1.19 bits per heavy atom. The Morgan fingerprint density at radius 2 is 2.00 bits per heavy atom. The summed E-state index contributed by atoms with van der Waals surface area (Å²) < 4.78 is 1.86. The molecule has 0 bridgehead atoms. The van der Waals surface area contributed by atoms with E-state index < -0.39 is 6.04 Å². The molecule has 1 aliphatic rings. The molecule has 138 valence electrons. The lowest BCUT2D eigenvalue weighted by atomic mass is 10.1. The van der Waals surface area contributed by atoms with Crippen LogP contribution in [0.2, 0.25) is 4.34 Å². The molecule has 1 amide bonds. The third-order valence-electron chi connectivity index (χ3n) is 4.76. The molecule has 27 heavy (non-hydrogen) atoms. The van der Waals surface area contributed by atoms with Gasteiger partial charge in [0.2, 0.25) is 5.91 Å². The molecule has 0 radical (unpaired) electrons. The van der Waals surface area contributed by atoms with Gasteiger partial charge in [0.15, 0.2) is 0 Å². The Morgan fingerprint density at radius 3 is 2.78 bits per heavy atom. The quantitative estimate of drug-likeness (QED) is 0.710. The molecule has 2 aromatic heterocycles. The van der Waals surface area contributed by atoms with Crippen molar-refractivity contribution in [3.8, 4) is 10.6 Å². The number of nitrogens with zero attached hydrogens (tertiary/aromatic N) is 2. The van der Waals surface area contributed by atoms with Crippen molar-refractivity contribution in [1.82, 2.24) is 9.78 Å². The molecule has 4 rings (SSSR count). The first kappa shape index (κ1) is 17.9. The van der Waals surface area contributed by atoms with Gasteiger partial charge in [-0.2, -0.15) is 5.10 Å². The van der Waals surface area contributed by atoms with Gasteiger partial charge in [-0.1, -0.05) is 17.7 Å². The van der Waals surface area contributed by atoms with Gasteiger partial charge < -0.3 is 5.32 Å². The first-order chi connectivity index (χ1) is 13.0. The first-order valence-electron chi connectivity index (χ1n) is 8.79. The summed E-state index contributed by atoms with van der Waals surface area (Å²) in [5, 5.41) is 7.27. The minimum absolute atomic E-state index is 0.274. The van der Waals surface area contributed by atoms with Gasteiger partial charge in [0.05, 0.1) is 9.21 Å². The maximum Gasteiger partial charge on any atom is 0.267 e. The van der Waals surface area contributed by atoms with Gasteiger partial charge in [-0.05, 0) is 67.6 Å². The summed E-state index contributed by atoms with van der Waals surface area (Å²) in [6, 6.07) is 12.0. The average molecular weight is 400 g/mol. The Labute approximate surface area is 165 Å². The number of carbonyl (C=O) groups is 1. The number of nitrogens with one attached hydrogen (secondary N) is 1. The van der Waals surface area contributed by atoms with Gasteiger partial charge in [0, 0.05) is 11.8 Å². The maximum absolute atomic E-state index is 12.7. The van der Waals surface area contributed by atoms with Crippen LogP contribution in [-0.2, 0) is 17.6 Å². The highest BCUT2D eigenvalue weighted by Crippen LogP contribution is 2.29. The van der Waals surface area contributed by atoms with Crippen molar-refractivity contribution in [3.63, 3.8) is 0 Å². The minimum Gasteiger partial charge on any atom is -0.324 e. The van der Waals surface area contributed by atoms with Crippen LogP contribution in [-0.4, -0.2) is 15.7 Å². The van der Waals surface area contributed by atoms with E-state index in [2.05, 4.69) is 16.5 Å². The Balaban J connectivity index is 1.57. The summed E-state index contributed by atoms with van der Waals surface area (Å²) in [6.07, 6.45) is 3.29. The van der Waals surface area contributed by atoms with Crippen LogP contribution in [0.15, 0.2) is 47.3 Å². The molecule has 1 aliphatic carbocycles. The van der Waals surface area contributed by atoms with E-state index in [4.69, 9.17) is 11.6 Å². The monoisotopic (exact) mass is 399 g/mol. The van der Waals surface area contributed by atoms with Gasteiger partial charge in [0.25, 0.3) is 5.56 Å². The standard InChI is InChI=1S/C20H18ClN3O2S/c1-12(20(26)22-15-6-5-13-3-2-4-14(13)11-15)24-19(25)10-7-16(23-24)17-8-9-18(21)27-17/h5-12H,2-4H2,1H3,(H,22,26). The fourth-order valence-electron chi connectivity index (χ4n) is 3.29. The molecular weight excluding hydrogens is 382 g/mol. The highest BCUT2D eigenvalue weighted by atomic mass is 35.5. The molecule has 0 aliphatic heterocycles.